The van der Waals surface area contributed by atoms with Crippen LogP contribution in [0, 0.1) is 11.8 Å². The Balaban J connectivity index is 0.00000400. The van der Waals surface area contributed by atoms with Crippen LogP contribution in [0.4, 0.5) is 0 Å². The highest BCUT2D eigenvalue weighted by molar-refractivity contribution is 7.72. The molecule has 1 fully saturated rings. The molecule has 2 atom stereocenters. The molecule has 8 nitrogen and oxygen atoms in total. The molecule has 2 unspecified atom stereocenters. The van der Waals surface area contributed by atoms with E-state index >= 15 is 0 Å². The summed E-state index contributed by atoms with van der Waals surface area (Å²) in [6.45, 7) is 3.52. The first-order valence-corrected chi connectivity index (χ1v) is 9.62. The van der Waals surface area contributed by atoms with E-state index < -0.39 is 20.2 Å². The van der Waals surface area contributed by atoms with Crippen LogP contribution in [0.1, 0.15) is 19.8 Å². The van der Waals surface area contributed by atoms with Gasteiger partial charge in [-0.3, -0.25) is 9.13 Å². The fraction of sp³-hybridized carbons (Fsp3) is 1.00. The Kier molecular flexibility index (Phi) is 6.71. The largest absolute Gasteiger partial charge is 1.00 e. The number of nitrogens with two attached hydrogens (primary N) is 1. The van der Waals surface area contributed by atoms with Crippen molar-refractivity contribution in [1.29, 1.82) is 0 Å². The highest BCUT2D eigenvalue weighted by Crippen LogP contribution is 2.68. The standard InChI is InChI=1S/C10H24N2O6P2.ClH/c1-8-4-9(7-12(2,3)6-8)5-10(11,19(13,14)15)20(16,17)18;/h8-9H,4-7,11H2,1-3H3,(H3-,13,14,15,16,17,18);1H. The molecule has 6 N–H and O–H groups in total. The van der Waals surface area contributed by atoms with E-state index in [0.29, 0.717) is 23.4 Å². The van der Waals surface area contributed by atoms with Gasteiger partial charge in [0.25, 0.3) is 0 Å². The van der Waals surface area contributed by atoms with Crippen LogP contribution >= 0.6 is 15.2 Å². The van der Waals surface area contributed by atoms with Crippen LogP contribution in [0.25, 0.3) is 0 Å². The molecule has 1 saturated heterocycles. The average Bonchev–Trinajstić information content (AvgIpc) is 2.09. The van der Waals surface area contributed by atoms with Crippen molar-refractivity contribution in [1.82, 2.24) is 0 Å². The molecule has 1 heterocycles. The van der Waals surface area contributed by atoms with Crippen molar-refractivity contribution in [3.63, 3.8) is 0 Å². The zero-order chi connectivity index (χ0) is 16.0. The van der Waals surface area contributed by atoms with Gasteiger partial charge < -0.3 is 42.2 Å². The van der Waals surface area contributed by atoms with Crippen LogP contribution in [0.5, 0.6) is 0 Å². The van der Waals surface area contributed by atoms with E-state index in [1.807, 2.05) is 21.0 Å². The summed E-state index contributed by atoms with van der Waals surface area (Å²) in [5, 5.41) is -2.79. The second-order valence-corrected chi connectivity index (χ2v) is 10.8. The number of halogens is 1. The zero-order valence-corrected chi connectivity index (χ0v) is 14.9. The summed E-state index contributed by atoms with van der Waals surface area (Å²) in [7, 11) is -6.30. The molecule has 11 heteroatoms. The third-order valence-corrected chi connectivity index (χ3v) is 7.84. The van der Waals surface area contributed by atoms with Crippen molar-refractivity contribution in [3.05, 3.63) is 0 Å². The predicted molar refractivity (Wildman–Crippen MR) is 74.7 cm³/mol. The van der Waals surface area contributed by atoms with E-state index in [2.05, 4.69) is 0 Å². The number of hydrogen-bond acceptors (Lipinski definition) is 3. The van der Waals surface area contributed by atoms with Crippen molar-refractivity contribution in [3.8, 4) is 0 Å². The predicted octanol–water partition coefficient (Wildman–Crippen LogP) is -2.92. The number of likely N-dealkylation sites (tertiary alicyclic amines) is 1. The number of quaternary nitrogens is 1. The molecule has 1 aliphatic heterocycles. The number of hydrogen-bond donors (Lipinski definition) is 5. The minimum atomic E-state index is -5.13. The van der Waals surface area contributed by atoms with E-state index in [0.717, 1.165) is 6.54 Å². The Morgan fingerprint density at radius 3 is 1.90 bits per heavy atom. The van der Waals surface area contributed by atoms with E-state index in [-0.39, 0.29) is 24.7 Å². The van der Waals surface area contributed by atoms with Crippen LogP contribution in [0.2, 0.25) is 0 Å². The fourth-order valence-corrected chi connectivity index (χ4v) is 5.67. The normalized spacial score (nSPS) is 27.0. The van der Waals surface area contributed by atoms with E-state index in [1.54, 1.807) is 0 Å². The van der Waals surface area contributed by atoms with Gasteiger partial charge in [-0.15, -0.1) is 0 Å². The summed E-state index contributed by atoms with van der Waals surface area (Å²) in [5.74, 6) is 0.0699. The number of rotatable bonds is 4. The van der Waals surface area contributed by atoms with Crippen molar-refractivity contribution in [2.75, 3.05) is 27.2 Å². The van der Waals surface area contributed by atoms with Gasteiger partial charge in [0.15, 0.2) is 0 Å². The average molecular weight is 367 g/mol. The van der Waals surface area contributed by atoms with Gasteiger partial charge in [-0.2, -0.15) is 0 Å². The summed E-state index contributed by atoms with van der Waals surface area (Å²) in [5.41, 5.74) is 5.48. The van der Waals surface area contributed by atoms with Crippen molar-refractivity contribution in [2.45, 2.75) is 24.8 Å². The highest BCUT2D eigenvalue weighted by Gasteiger charge is 2.58. The molecule has 0 aliphatic carbocycles. The SMILES string of the molecule is CC1CC(CC(N)(P(=O)(O)O)P(=O)(O)O)C[N+](C)(C)C1.[Cl-]. The van der Waals surface area contributed by atoms with Crippen molar-refractivity contribution >= 4 is 15.2 Å². The lowest BCUT2D eigenvalue weighted by Gasteiger charge is -2.43. The van der Waals surface area contributed by atoms with Crippen LogP contribution in [0.15, 0.2) is 0 Å². The first-order valence-electron chi connectivity index (χ1n) is 6.40. The van der Waals surface area contributed by atoms with Gasteiger partial charge in [-0.1, -0.05) is 6.92 Å². The number of piperidine rings is 1. The molecule has 0 radical (unpaired) electrons. The van der Waals surface area contributed by atoms with Gasteiger partial charge in [-0.25, -0.2) is 0 Å². The summed E-state index contributed by atoms with van der Waals surface area (Å²) in [4.78, 5) is 37.2. The summed E-state index contributed by atoms with van der Waals surface area (Å²) in [6, 6.07) is 0. The number of nitrogens with zero attached hydrogens (tertiary/aromatic N) is 1. The van der Waals surface area contributed by atoms with Crippen LogP contribution in [-0.4, -0.2) is 56.3 Å². The van der Waals surface area contributed by atoms with Crippen molar-refractivity contribution in [2.24, 2.45) is 17.6 Å². The molecule has 0 bridgehead atoms. The monoisotopic (exact) mass is 366 g/mol. The summed E-state index contributed by atoms with van der Waals surface area (Å²) < 4.78 is 23.6. The van der Waals surface area contributed by atoms with Crippen LogP contribution in [-0.2, 0) is 9.13 Å². The lowest BCUT2D eigenvalue weighted by atomic mass is 9.87. The molecule has 0 spiro atoms. The summed E-state index contributed by atoms with van der Waals surface area (Å²) >= 11 is 0. The molecule has 0 aromatic carbocycles. The summed E-state index contributed by atoms with van der Waals surface area (Å²) in [6.07, 6.45) is 0.272. The van der Waals surface area contributed by atoms with Crippen LogP contribution < -0.4 is 18.1 Å². The zero-order valence-electron chi connectivity index (χ0n) is 12.4. The lowest BCUT2D eigenvalue weighted by Crippen LogP contribution is -3.00. The molecule has 21 heavy (non-hydrogen) atoms. The Hall–Kier alpha value is 0.510. The smallest absolute Gasteiger partial charge is 0.357 e. The van der Waals surface area contributed by atoms with Gasteiger partial charge in [0.05, 0.1) is 27.2 Å². The highest BCUT2D eigenvalue weighted by atomic mass is 35.5. The molecule has 128 valence electrons. The molecule has 0 amide bonds. The minimum Gasteiger partial charge on any atom is -1.00 e. The molecule has 1 rings (SSSR count). The van der Waals surface area contributed by atoms with Gasteiger partial charge in [-0.05, 0) is 12.8 Å². The molecule has 0 aromatic heterocycles. The molecule has 0 aromatic rings. The van der Waals surface area contributed by atoms with Crippen LogP contribution in [0.3, 0.4) is 0 Å². The van der Waals surface area contributed by atoms with Gasteiger partial charge >= 0.3 is 15.2 Å². The maximum atomic E-state index is 11.5. The molecule has 1 aliphatic rings. The Bertz CT molecular complexity index is 440. The second-order valence-electron chi connectivity index (χ2n) is 6.68. The van der Waals surface area contributed by atoms with Gasteiger partial charge in [0.1, 0.15) is 0 Å². The topological polar surface area (TPSA) is 141 Å². The van der Waals surface area contributed by atoms with E-state index in [1.165, 1.54) is 0 Å². The van der Waals surface area contributed by atoms with Crippen molar-refractivity contribution < 1.29 is 45.6 Å². The second kappa shape index (κ2) is 6.56. The van der Waals surface area contributed by atoms with E-state index in [4.69, 9.17) is 5.73 Å². The molecular formula is C10H25ClN2O6P2. The Morgan fingerprint density at radius 2 is 1.57 bits per heavy atom. The molecular weight excluding hydrogens is 342 g/mol. The Labute approximate surface area is 131 Å². The van der Waals surface area contributed by atoms with Gasteiger partial charge in [0.2, 0.25) is 5.02 Å². The lowest BCUT2D eigenvalue weighted by molar-refractivity contribution is -0.902. The third kappa shape index (κ3) is 4.99. The maximum Gasteiger partial charge on any atom is 0.357 e. The minimum absolute atomic E-state index is 0. The third-order valence-electron chi connectivity index (χ3n) is 3.89. The van der Waals surface area contributed by atoms with Gasteiger partial charge in [0, 0.05) is 11.8 Å². The van der Waals surface area contributed by atoms with E-state index in [9.17, 15) is 28.7 Å². The molecule has 0 saturated carbocycles. The first kappa shape index (κ1) is 21.5. The maximum absolute atomic E-state index is 11.5. The first-order chi connectivity index (χ1) is 8.68. The quantitative estimate of drug-likeness (QED) is 0.265. The fourth-order valence-electron chi connectivity index (χ4n) is 3.32. The Morgan fingerprint density at radius 1 is 1.14 bits per heavy atom.